The molecule has 1 fully saturated rings. The van der Waals surface area contributed by atoms with E-state index in [0.717, 1.165) is 43.2 Å². The average molecular weight is 387 g/mol. The molecular formula is C23H25N5O. The van der Waals surface area contributed by atoms with Crippen molar-refractivity contribution in [3.63, 3.8) is 0 Å². The Labute approximate surface area is 171 Å². The van der Waals surface area contributed by atoms with Crippen LogP contribution < -0.4 is 10.1 Å². The Morgan fingerprint density at radius 3 is 2.55 bits per heavy atom. The molecule has 2 heterocycles. The van der Waals surface area contributed by atoms with E-state index in [1.54, 1.807) is 6.20 Å². The quantitative estimate of drug-likeness (QED) is 0.571. The number of rotatable bonds is 8. The van der Waals surface area contributed by atoms with E-state index in [1.807, 2.05) is 54.6 Å². The highest BCUT2D eigenvalue weighted by Gasteiger charge is 2.25. The second-order valence-electron chi connectivity index (χ2n) is 7.20. The highest BCUT2D eigenvalue weighted by atomic mass is 16.5. The van der Waals surface area contributed by atoms with E-state index in [2.05, 4.69) is 27.1 Å². The maximum absolute atomic E-state index is 8.64. The van der Waals surface area contributed by atoms with Gasteiger partial charge in [-0.2, -0.15) is 0 Å². The van der Waals surface area contributed by atoms with Crippen molar-refractivity contribution in [1.29, 1.82) is 5.41 Å². The van der Waals surface area contributed by atoms with Gasteiger partial charge in [-0.25, -0.2) is 9.97 Å². The summed E-state index contributed by atoms with van der Waals surface area (Å²) in [5.41, 5.74) is 1.89. The highest BCUT2D eigenvalue weighted by Crippen LogP contribution is 2.23. The molecule has 0 aliphatic carbocycles. The molecule has 4 rings (SSSR count). The molecule has 1 saturated heterocycles. The Hall–Kier alpha value is -3.25. The maximum atomic E-state index is 8.64. The van der Waals surface area contributed by atoms with Crippen LogP contribution in [-0.2, 0) is 0 Å². The van der Waals surface area contributed by atoms with Gasteiger partial charge in [-0.1, -0.05) is 25.1 Å². The van der Waals surface area contributed by atoms with Crippen molar-refractivity contribution in [3.8, 4) is 11.5 Å². The second-order valence-corrected chi connectivity index (χ2v) is 7.20. The molecule has 6 heteroatoms. The number of hydrogen-bond donors (Lipinski definition) is 2. The number of likely N-dealkylation sites (tertiary alicyclic amines) is 1. The summed E-state index contributed by atoms with van der Waals surface area (Å²) in [6.07, 6.45) is 3.22. The number of hydrogen-bond acceptors (Lipinski definition) is 6. The summed E-state index contributed by atoms with van der Waals surface area (Å²) in [6.45, 7) is 6.37. The third kappa shape index (κ3) is 4.60. The van der Waals surface area contributed by atoms with Gasteiger partial charge in [-0.15, -0.1) is 0 Å². The van der Waals surface area contributed by atoms with Crippen molar-refractivity contribution in [1.82, 2.24) is 14.9 Å². The zero-order valence-corrected chi connectivity index (χ0v) is 16.5. The molecular weight excluding hydrogens is 362 g/mol. The Balaban J connectivity index is 1.42. The highest BCUT2D eigenvalue weighted by molar-refractivity contribution is 6.13. The Bertz CT molecular complexity index is 953. The predicted molar refractivity (Wildman–Crippen MR) is 115 cm³/mol. The van der Waals surface area contributed by atoms with E-state index in [9.17, 15) is 0 Å². The summed E-state index contributed by atoms with van der Waals surface area (Å²) in [5, 5.41) is 12.1. The first kappa shape index (κ1) is 19.1. The predicted octanol–water partition coefficient (Wildman–Crippen LogP) is 4.05. The second kappa shape index (κ2) is 8.84. The van der Waals surface area contributed by atoms with Gasteiger partial charge >= 0.3 is 0 Å². The number of ether oxygens (including phenoxy) is 1. The zero-order valence-electron chi connectivity index (χ0n) is 16.5. The van der Waals surface area contributed by atoms with Gasteiger partial charge in [0.25, 0.3) is 0 Å². The van der Waals surface area contributed by atoms with Crippen molar-refractivity contribution in [2.45, 2.75) is 6.92 Å². The lowest BCUT2D eigenvalue weighted by Crippen LogP contribution is -2.49. The van der Waals surface area contributed by atoms with E-state index in [4.69, 9.17) is 10.1 Å². The number of nitrogens with zero attached hydrogens (tertiary/aromatic N) is 3. The van der Waals surface area contributed by atoms with Crippen molar-refractivity contribution >= 4 is 11.5 Å². The van der Waals surface area contributed by atoms with Crippen molar-refractivity contribution < 1.29 is 4.74 Å². The molecule has 6 nitrogen and oxygen atoms in total. The van der Waals surface area contributed by atoms with Gasteiger partial charge in [-0.05, 0) is 42.9 Å². The van der Waals surface area contributed by atoms with Crippen molar-refractivity contribution in [2.24, 2.45) is 5.92 Å². The monoisotopic (exact) mass is 387 g/mol. The van der Waals surface area contributed by atoms with E-state index in [0.29, 0.717) is 23.0 Å². The van der Waals surface area contributed by atoms with Crippen LogP contribution >= 0.6 is 0 Å². The van der Waals surface area contributed by atoms with Crippen LogP contribution in [0.25, 0.3) is 0 Å². The molecule has 0 unspecified atom stereocenters. The summed E-state index contributed by atoms with van der Waals surface area (Å²) in [4.78, 5) is 10.9. The van der Waals surface area contributed by atoms with E-state index < -0.39 is 0 Å². The van der Waals surface area contributed by atoms with Gasteiger partial charge in [0, 0.05) is 37.3 Å². The van der Waals surface area contributed by atoms with Crippen LogP contribution in [0.15, 0.2) is 67.1 Å². The molecule has 2 aromatic carbocycles. The maximum Gasteiger partial charge on any atom is 0.138 e. The Morgan fingerprint density at radius 2 is 1.83 bits per heavy atom. The third-order valence-corrected chi connectivity index (χ3v) is 5.14. The number of aromatic nitrogens is 2. The van der Waals surface area contributed by atoms with Crippen LogP contribution in [0.1, 0.15) is 18.1 Å². The first-order chi connectivity index (χ1) is 14.2. The standard InChI is InChI=1S/C23H25N5O/c1-2-28-14-17(15-28)12-26-23-21(13-25-16-27-23)22(24)18-8-10-20(11-9-18)29-19-6-4-3-5-7-19/h3-11,13,16-17,24H,2,12,14-15H2,1H3,(H,25,26,27). The lowest BCUT2D eigenvalue weighted by atomic mass is 10.00. The fourth-order valence-corrected chi connectivity index (χ4v) is 3.43. The molecule has 1 aliphatic rings. The van der Waals surface area contributed by atoms with Gasteiger partial charge < -0.3 is 15.0 Å². The number of anilines is 1. The van der Waals surface area contributed by atoms with Crippen LogP contribution in [0.2, 0.25) is 0 Å². The molecule has 0 atom stereocenters. The fourth-order valence-electron chi connectivity index (χ4n) is 3.43. The van der Waals surface area contributed by atoms with Gasteiger partial charge in [0.2, 0.25) is 0 Å². The van der Waals surface area contributed by atoms with Crippen molar-refractivity contribution in [3.05, 3.63) is 78.2 Å². The van der Waals surface area contributed by atoms with E-state index in [-0.39, 0.29) is 0 Å². The molecule has 0 bridgehead atoms. The van der Waals surface area contributed by atoms with Crippen LogP contribution in [0, 0.1) is 11.3 Å². The molecule has 2 N–H and O–H groups in total. The Morgan fingerprint density at radius 1 is 1.10 bits per heavy atom. The minimum absolute atomic E-state index is 0.392. The molecule has 148 valence electrons. The lowest BCUT2D eigenvalue weighted by Gasteiger charge is -2.38. The molecule has 0 saturated carbocycles. The molecule has 0 spiro atoms. The molecule has 29 heavy (non-hydrogen) atoms. The SMILES string of the molecule is CCN1CC(CNc2ncncc2C(=N)c2ccc(Oc3ccccc3)cc2)C1. The lowest BCUT2D eigenvalue weighted by molar-refractivity contribution is 0.116. The minimum Gasteiger partial charge on any atom is -0.457 e. The number of para-hydroxylation sites is 1. The molecule has 3 aromatic rings. The first-order valence-electron chi connectivity index (χ1n) is 9.91. The topological polar surface area (TPSA) is 74.1 Å². The number of nitrogens with one attached hydrogen (secondary N) is 2. The minimum atomic E-state index is 0.392. The van der Waals surface area contributed by atoms with E-state index >= 15 is 0 Å². The first-order valence-corrected chi connectivity index (χ1v) is 9.91. The largest absolute Gasteiger partial charge is 0.457 e. The van der Waals surface area contributed by atoms with Gasteiger partial charge in [0.05, 0.1) is 11.3 Å². The zero-order chi connectivity index (χ0) is 20.1. The normalized spacial score (nSPS) is 14.2. The summed E-state index contributed by atoms with van der Waals surface area (Å²) in [5.74, 6) is 2.86. The van der Waals surface area contributed by atoms with Gasteiger partial charge in [-0.3, -0.25) is 5.41 Å². The Kier molecular flexibility index (Phi) is 5.81. The number of benzene rings is 2. The average Bonchev–Trinajstić information content (AvgIpc) is 2.74. The van der Waals surface area contributed by atoms with Crippen molar-refractivity contribution in [2.75, 3.05) is 31.5 Å². The molecule has 1 aromatic heterocycles. The summed E-state index contributed by atoms with van der Waals surface area (Å²) >= 11 is 0. The van der Waals surface area contributed by atoms with Crippen LogP contribution in [-0.4, -0.2) is 46.8 Å². The molecule has 0 amide bonds. The van der Waals surface area contributed by atoms with Crippen LogP contribution in [0.5, 0.6) is 11.5 Å². The van der Waals surface area contributed by atoms with Crippen LogP contribution in [0.4, 0.5) is 5.82 Å². The summed E-state index contributed by atoms with van der Waals surface area (Å²) in [6, 6.07) is 17.2. The summed E-state index contributed by atoms with van der Waals surface area (Å²) in [7, 11) is 0. The smallest absolute Gasteiger partial charge is 0.138 e. The molecule has 1 aliphatic heterocycles. The third-order valence-electron chi connectivity index (χ3n) is 5.14. The fraction of sp³-hybridized carbons (Fsp3) is 0.261. The molecule has 0 radical (unpaired) electrons. The van der Waals surface area contributed by atoms with E-state index in [1.165, 1.54) is 6.33 Å². The van der Waals surface area contributed by atoms with Crippen LogP contribution in [0.3, 0.4) is 0 Å². The van der Waals surface area contributed by atoms with Gasteiger partial charge in [0.15, 0.2) is 0 Å². The van der Waals surface area contributed by atoms with Gasteiger partial charge in [0.1, 0.15) is 23.6 Å². The summed E-state index contributed by atoms with van der Waals surface area (Å²) < 4.78 is 5.83.